The van der Waals surface area contributed by atoms with Crippen LogP contribution in [-0.4, -0.2) is 0 Å². The van der Waals surface area contributed by atoms with Gasteiger partial charge in [0.1, 0.15) is 0 Å². The summed E-state index contributed by atoms with van der Waals surface area (Å²) in [4.78, 5) is 0. The van der Waals surface area contributed by atoms with E-state index in [1.165, 1.54) is 19.3 Å². The van der Waals surface area contributed by atoms with Gasteiger partial charge in [-0.3, -0.25) is 0 Å². The molecular formula is C11H15. The van der Waals surface area contributed by atoms with Crippen molar-refractivity contribution in [3.8, 4) is 0 Å². The summed E-state index contributed by atoms with van der Waals surface area (Å²) in [5, 5.41) is 0. The van der Waals surface area contributed by atoms with E-state index in [0.29, 0.717) is 0 Å². The molecule has 0 aliphatic heterocycles. The maximum atomic E-state index is 2.27. The third-order valence-corrected chi connectivity index (χ3v) is 1.67. The molecule has 0 nitrogen and oxygen atoms in total. The van der Waals surface area contributed by atoms with Crippen LogP contribution in [0.5, 0.6) is 0 Å². The summed E-state index contributed by atoms with van der Waals surface area (Å²) in [5.41, 5.74) is 0. The summed E-state index contributed by atoms with van der Waals surface area (Å²) in [6.45, 7) is 0. The molecule has 0 N–H and O–H groups in total. The molecule has 0 aromatic rings. The SMILES string of the molecule is [CH]1/C=C\C=C/CCC/C=C\C1. The van der Waals surface area contributed by atoms with Gasteiger partial charge in [0, 0.05) is 0 Å². The standard InChI is InChI=1S/C11H15/c1-2-4-6-8-10-11-9-7-5-3-1/h1-5,8,10H,6-7,9,11H2/b2-1-,5-3-,10-8-. The van der Waals surface area contributed by atoms with Gasteiger partial charge < -0.3 is 0 Å². The van der Waals surface area contributed by atoms with Crippen LogP contribution in [0.2, 0.25) is 0 Å². The Morgan fingerprint density at radius 2 is 1.64 bits per heavy atom. The average molecular weight is 147 g/mol. The number of allylic oxidation sites excluding steroid dienone is 6. The summed E-state index contributed by atoms with van der Waals surface area (Å²) in [6, 6.07) is 0. The number of rotatable bonds is 0. The topological polar surface area (TPSA) is 0 Å². The first kappa shape index (κ1) is 8.32. The van der Waals surface area contributed by atoms with Gasteiger partial charge in [0.15, 0.2) is 0 Å². The Balaban J connectivity index is 2.34. The molecule has 0 saturated carbocycles. The fourth-order valence-electron chi connectivity index (χ4n) is 1.04. The molecular weight excluding hydrogens is 132 g/mol. The van der Waals surface area contributed by atoms with Crippen LogP contribution in [-0.2, 0) is 0 Å². The summed E-state index contributed by atoms with van der Waals surface area (Å²) in [6.07, 6.45) is 20.0. The first-order valence-corrected chi connectivity index (χ1v) is 4.30. The van der Waals surface area contributed by atoms with Gasteiger partial charge in [0.25, 0.3) is 0 Å². The van der Waals surface area contributed by atoms with E-state index < -0.39 is 0 Å². The molecule has 0 bridgehead atoms. The lowest BCUT2D eigenvalue weighted by Gasteiger charge is -1.88. The second kappa shape index (κ2) is 5.96. The van der Waals surface area contributed by atoms with E-state index in [2.05, 4.69) is 42.9 Å². The fourth-order valence-corrected chi connectivity index (χ4v) is 1.04. The van der Waals surface area contributed by atoms with Crippen LogP contribution < -0.4 is 0 Å². The molecule has 0 amide bonds. The first-order valence-electron chi connectivity index (χ1n) is 4.30. The predicted molar refractivity (Wildman–Crippen MR) is 50.2 cm³/mol. The van der Waals surface area contributed by atoms with Crippen LogP contribution in [0.15, 0.2) is 36.5 Å². The molecule has 0 saturated heterocycles. The molecule has 0 aromatic carbocycles. The lowest BCUT2D eigenvalue weighted by Crippen LogP contribution is -1.68. The summed E-state index contributed by atoms with van der Waals surface area (Å²) < 4.78 is 0. The third-order valence-electron chi connectivity index (χ3n) is 1.67. The van der Waals surface area contributed by atoms with Gasteiger partial charge in [0.2, 0.25) is 0 Å². The van der Waals surface area contributed by atoms with Crippen molar-refractivity contribution in [3.05, 3.63) is 42.9 Å². The quantitative estimate of drug-likeness (QED) is 0.460. The molecule has 0 atom stereocenters. The average Bonchev–Trinajstić information content (AvgIpc) is 2.08. The van der Waals surface area contributed by atoms with Crippen molar-refractivity contribution in [2.75, 3.05) is 0 Å². The first-order chi connectivity index (χ1) is 5.50. The molecule has 0 heterocycles. The highest BCUT2D eigenvalue weighted by Crippen LogP contribution is 2.01. The Morgan fingerprint density at radius 3 is 2.64 bits per heavy atom. The van der Waals surface area contributed by atoms with Gasteiger partial charge in [-0.05, 0) is 32.1 Å². The maximum Gasteiger partial charge on any atom is -0.0130 e. The fraction of sp³-hybridized carbons (Fsp3) is 0.364. The second-order valence-corrected chi connectivity index (χ2v) is 2.69. The molecule has 0 spiro atoms. The highest BCUT2D eigenvalue weighted by Gasteiger charge is 1.82. The normalized spacial score (nSPS) is 28.4. The van der Waals surface area contributed by atoms with Crippen molar-refractivity contribution in [3.63, 3.8) is 0 Å². The molecule has 1 aliphatic rings. The molecule has 1 rings (SSSR count). The predicted octanol–water partition coefficient (Wildman–Crippen LogP) is 3.43. The molecule has 0 unspecified atom stereocenters. The molecule has 0 aromatic heterocycles. The van der Waals surface area contributed by atoms with E-state index in [-0.39, 0.29) is 0 Å². The highest BCUT2D eigenvalue weighted by molar-refractivity contribution is 5.09. The second-order valence-electron chi connectivity index (χ2n) is 2.69. The monoisotopic (exact) mass is 147 g/mol. The van der Waals surface area contributed by atoms with Crippen molar-refractivity contribution >= 4 is 0 Å². The Kier molecular flexibility index (Phi) is 4.51. The highest BCUT2D eigenvalue weighted by atomic mass is 13.9. The molecule has 1 radical (unpaired) electrons. The van der Waals surface area contributed by atoms with Crippen LogP contribution in [0, 0.1) is 6.42 Å². The van der Waals surface area contributed by atoms with E-state index in [1.807, 2.05) is 0 Å². The zero-order valence-electron chi connectivity index (χ0n) is 6.87. The van der Waals surface area contributed by atoms with Crippen molar-refractivity contribution in [2.24, 2.45) is 0 Å². The van der Waals surface area contributed by atoms with Crippen LogP contribution in [0.1, 0.15) is 25.7 Å². The van der Waals surface area contributed by atoms with Crippen molar-refractivity contribution in [2.45, 2.75) is 25.7 Å². The van der Waals surface area contributed by atoms with Gasteiger partial charge in [-0.15, -0.1) is 0 Å². The van der Waals surface area contributed by atoms with Gasteiger partial charge in [-0.2, -0.15) is 0 Å². The summed E-state index contributed by atoms with van der Waals surface area (Å²) in [5.74, 6) is 0. The lowest BCUT2D eigenvalue weighted by atomic mass is 10.2. The van der Waals surface area contributed by atoms with Crippen molar-refractivity contribution in [1.82, 2.24) is 0 Å². The Bertz CT molecular complexity index is 161. The third kappa shape index (κ3) is 4.60. The minimum atomic E-state index is 1.07. The zero-order chi connectivity index (χ0) is 7.78. The van der Waals surface area contributed by atoms with E-state index >= 15 is 0 Å². The molecule has 11 heavy (non-hydrogen) atoms. The smallest absolute Gasteiger partial charge is 0.0130 e. The van der Waals surface area contributed by atoms with Gasteiger partial charge in [0.05, 0.1) is 0 Å². The number of hydrogen-bond donors (Lipinski definition) is 0. The Labute approximate surface area is 69.3 Å². The number of hydrogen-bond acceptors (Lipinski definition) is 0. The molecule has 0 heteroatoms. The molecule has 59 valence electrons. The lowest BCUT2D eigenvalue weighted by molar-refractivity contribution is 0.866. The maximum absolute atomic E-state index is 2.27. The van der Waals surface area contributed by atoms with E-state index in [9.17, 15) is 0 Å². The van der Waals surface area contributed by atoms with Crippen LogP contribution in [0.25, 0.3) is 0 Å². The van der Waals surface area contributed by atoms with E-state index in [1.54, 1.807) is 0 Å². The minimum Gasteiger partial charge on any atom is -0.0885 e. The zero-order valence-corrected chi connectivity index (χ0v) is 6.87. The molecule has 1 aliphatic carbocycles. The van der Waals surface area contributed by atoms with E-state index in [0.717, 1.165) is 6.42 Å². The van der Waals surface area contributed by atoms with E-state index in [4.69, 9.17) is 0 Å². The largest absolute Gasteiger partial charge is 0.0885 e. The van der Waals surface area contributed by atoms with Crippen LogP contribution in [0.3, 0.4) is 0 Å². The summed E-state index contributed by atoms with van der Waals surface area (Å²) in [7, 11) is 0. The van der Waals surface area contributed by atoms with Gasteiger partial charge >= 0.3 is 0 Å². The summed E-state index contributed by atoms with van der Waals surface area (Å²) >= 11 is 0. The Morgan fingerprint density at radius 1 is 0.727 bits per heavy atom. The van der Waals surface area contributed by atoms with Crippen molar-refractivity contribution in [1.29, 1.82) is 0 Å². The van der Waals surface area contributed by atoms with Gasteiger partial charge in [-0.1, -0.05) is 36.5 Å². The van der Waals surface area contributed by atoms with Crippen molar-refractivity contribution < 1.29 is 0 Å². The Hall–Kier alpha value is -0.780. The minimum absolute atomic E-state index is 1.07. The van der Waals surface area contributed by atoms with Crippen LogP contribution in [0.4, 0.5) is 0 Å². The van der Waals surface area contributed by atoms with Gasteiger partial charge in [-0.25, -0.2) is 0 Å². The molecule has 0 fully saturated rings. The van der Waals surface area contributed by atoms with Crippen LogP contribution >= 0.6 is 0 Å².